The van der Waals surface area contributed by atoms with Crippen molar-refractivity contribution in [2.75, 3.05) is 6.54 Å². The van der Waals surface area contributed by atoms with Gasteiger partial charge in [-0.15, -0.1) is 0 Å². The number of carbonyl (C=O) groups excluding carboxylic acids is 3. The summed E-state index contributed by atoms with van der Waals surface area (Å²) in [4.78, 5) is 41.6. The number of nitrogens with zero attached hydrogens (tertiary/aromatic N) is 1. The number of amides is 3. The molecule has 1 aliphatic carbocycles. The van der Waals surface area contributed by atoms with Crippen molar-refractivity contribution in [3.63, 3.8) is 0 Å². The number of likely N-dealkylation sites (N-methyl/N-ethyl adjacent to an activating group) is 1. The summed E-state index contributed by atoms with van der Waals surface area (Å²) in [7, 11) is 0. The van der Waals surface area contributed by atoms with Crippen LogP contribution in [0.15, 0.2) is 30.3 Å². The standard InChI is InChI=1S/C27H43N3O4/c1-7-19(3)22(29-26(33)34-27(4,5)6)25(32)30(8-2)23(20-15-11-9-12-16-20)24(31)28-21-17-13-10-14-18-21/h9,11-12,15-16,19,21-23H,7-8,10,13-14,17-18H2,1-6H3,(H,28,31)(H,29,33). The third-order valence-corrected chi connectivity index (χ3v) is 6.40. The predicted octanol–water partition coefficient (Wildman–Crippen LogP) is 4.96. The summed E-state index contributed by atoms with van der Waals surface area (Å²) in [6, 6.07) is 7.96. The lowest BCUT2D eigenvalue weighted by molar-refractivity contribution is -0.143. The molecule has 2 rings (SSSR count). The molecule has 3 amide bonds. The molecule has 1 aliphatic rings. The number of hydrogen-bond donors (Lipinski definition) is 2. The second-order valence-electron chi connectivity index (χ2n) is 10.3. The second-order valence-corrected chi connectivity index (χ2v) is 10.3. The van der Waals surface area contributed by atoms with Crippen LogP contribution in [0.5, 0.6) is 0 Å². The van der Waals surface area contributed by atoms with Gasteiger partial charge < -0.3 is 20.3 Å². The molecule has 0 radical (unpaired) electrons. The molecular formula is C27H43N3O4. The summed E-state index contributed by atoms with van der Waals surface area (Å²) in [6.07, 6.45) is 5.38. The first-order chi connectivity index (χ1) is 16.1. The highest BCUT2D eigenvalue weighted by atomic mass is 16.6. The van der Waals surface area contributed by atoms with Gasteiger partial charge in [0.05, 0.1) is 0 Å². The molecule has 1 aromatic rings. The zero-order chi connectivity index (χ0) is 25.3. The maximum absolute atomic E-state index is 13.9. The van der Waals surface area contributed by atoms with Gasteiger partial charge in [0.15, 0.2) is 0 Å². The van der Waals surface area contributed by atoms with E-state index in [9.17, 15) is 14.4 Å². The summed E-state index contributed by atoms with van der Waals surface area (Å²) in [5, 5.41) is 5.98. The summed E-state index contributed by atoms with van der Waals surface area (Å²) in [5.74, 6) is -0.587. The highest BCUT2D eigenvalue weighted by Gasteiger charge is 2.37. The van der Waals surface area contributed by atoms with Gasteiger partial charge in [0.25, 0.3) is 0 Å². The average molecular weight is 474 g/mol. The van der Waals surface area contributed by atoms with Crippen LogP contribution in [0, 0.1) is 5.92 Å². The van der Waals surface area contributed by atoms with Crippen molar-refractivity contribution in [1.29, 1.82) is 0 Å². The van der Waals surface area contributed by atoms with E-state index in [4.69, 9.17) is 4.74 Å². The van der Waals surface area contributed by atoms with Gasteiger partial charge in [0.1, 0.15) is 17.7 Å². The molecule has 7 heteroatoms. The zero-order valence-electron chi connectivity index (χ0n) is 21.7. The first kappa shape index (κ1) is 27.7. The summed E-state index contributed by atoms with van der Waals surface area (Å²) in [5.41, 5.74) is 0.0792. The molecule has 1 fully saturated rings. The third-order valence-electron chi connectivity index (χ3n) is 6.40. The largest absolute Gasteiger partial charge is 0.444 e. The predicted molar refractivity (Wildman–Crippen MR) is 134 cm³/mol. The van der Waals surface area contributed by atoms with E-state index in [1.807, 2.05) is 51.1 Å². The Bertz CT molecular complexity index is 800. The highest BCUT2D eigenvalue weighted by Crippen LogP contribution is 2.26. The molecule has 7 nitrogen and oxygen atoms in total. The van der Waals surface area contributed by atoms with Crippen LogP contribution in [0.4, 0.5) is 4.79 Å². The van der Waals surface area contributed by atoms with Crippen molar-refractivity contribution in [2.45, 2.75) is 104 Å². The lowest BCUT2D eigenvalue weighted by Gasteiger charge is -2.36. The first-order valence-corrected chi connectivity index (χ1v) is 12.7. The number of rotatable bonds is 9. The fourth-order valence-corrected chi connectivity index (χ4v) is 4.40. The van der Waals surface area contributed by atoms with Crippen LogP contribution in [-0.4, -0.2) is 47.0 Å². The monoisotopic (exact) mass is 473 g/mol. The van der Waals surface area contributed by atoms with Crippen LogP contribution in [0.2, 0.25) is 0 Å². The zero-order valence-corrected chi connectivity index (χ0v) is 21.7. The normalized spacial score (nSPS) is 17.2. The molecular weight excluding hydrogens is 430 g/mol. The Morgan fingerprint density at radius 3 is 2.21 bits per heavy atom. The van der Waals surface area contributed by atoms with E-state index >= 15 is 0 Å². The van der Waals surface area contributed by atoms with E-state index < -0.39 is 23.8 Å². The molecule has 0 aromatic heterocycles. The molecule has 3 atom stereocenters. The van der Waals surface area contributed by atoms with Crippen LogP contribution < -0.4 is 10.6 Å². The quantitative estimate of drug-likeness (QED) is 0.530. The van der Waals surface area contributed by atoms with E-state index in [1.165, 1.54) is 6.42 Å². The highest BCUT2D eigenvalue weighted by molar-refractivity contribution is 5.92. The topological polar surface area (TPSA) is 87.7 Å². The van der Waals surface area contributed by atoms with E-state index in [2.05, 4.69) is 10.6 Å². The Morgan fingerprint density at radius 2 is 1.68 bits per heavy atom. The van der Waals surface area contributed by atoms with Crippen molar-refractivity contribution in [1.82, 2.24) is 15.5 Å². The van der Waals surface area contributed by atoms with Crippen LogP contribution >= 0.6 is 0 Å². The lowest BCUT2D eigenvalue weighted by Crippen LogP contribution is -2.55. The second kappa shape index (κ2) is 12.8. The number of alkyl carbamates (subject to hydrolysis) is 1. The molecule has 190 valence electrons. The molecule has 0 spiro atoms. The van der Waals surface area contributed by atoms with Gasteiger partial charge in [-0.05, 0) is 52.0 Å². The van der Waals surface area contributed by atoms with Crippen molar-refractivity contribution in [2.24, 2.45) is 5.92 Å². The molecule has 0 saturated heterocycles. The molecule has 3 unspecified atom stereocenters. The first-order valence-electron chi connectivity index (χ1n) is 12.7. The van der Waals surface area contributed by atoms with Crippen molar-refractivity contribution in [3.05, 3.63) is 35.9 Å². The van der Waals surface area contributed by atoms with E-state index in [0.717, 1.165) is 31.2 Å². The molecule has 34 heavy (non-hydrogen) atoms. The number of benzene rings is 1. The fraction of sp³-hybridized carbons (Fsp3) is 0.667. The SMILES string of the molecule is CCC(C)C(NC(=O)OC(C)(C)C)C(=O)N(CC)C(C(=O)NC1CCCCC1)c1ccccc1. The Balaban J connectivity index is 2.34. The smallest absolute Gasteiger partial charge is 0.408 e. The molecule has 1 saturated carbocycles. The molecule has 1 aromatic carbocycles. The summed E-state index contributed by atoms with van der Waals surface area (Å²) in [6.45, 7) is 11.4. The molecule has 0 heterocycles. The number of hydrogen-bond acceptors (Lipinski definition) is 4. The summed E-state index contributed by atoms with van der Waals surface area (Å²) >= 11 is 0. The molecule has 0 bridgehead atoms. The Hall–Kier alpha value is -2.57. The third kappa shape index (κ3) is 8.03. The summed E-state index contributed by atoms with van der Waals surface area (Å²) < 4.78 is 5.42. The number of carbonyl (C=O) groups is 3. The molecule has 2 N–H and O–H groups in total. The van der Waals surface area contributed by atoms with Gasteiger partial charge in [-0.1, -0.05) is 69.9 Å². The van der Waals surface area contributed by atoms with Crippen molar-refractivity contribution >= 4 is 17.9 Å². The maximum atomic E-state index is 13.9. The van der Waals surface area contributed by atoms with E-state index in [-0.39, 0.29) is 23.8 Å². The Kier molecular flexibility index (Phi) is 10.4. The van der Waals surface area contributed by atoms with Gasteiger partial charge in [-0.2, -0.15) is 0 Å². The van der Waals surface area contributed by atoms with Gasteiger partial charge in [0.2, 0.25) is 11.8 Å². The van der Waals surface area contributed by atoms with Crippen LogP contribution in [0.25, 0.3) is 0 Å². The Labute approximate surface area is 205 Å². The van der Waals surface area contributed by atoms with E-state index in [1.54, 1.807) is 25.7 Å². The van der Waals surface area contributed by atoms with Crippen molar-refractivity contribution < 1.29 is 19.1 Å². The number of ether oxygens (including phenoxy) is 1. The van der Waals surface area contributed by atoms with Gasteiger partial charge in [0, 0.05) is 12.6 Å². The van der Waals surface area contributed by atoms with Gasteiger partial charge in [-0.25, -0.2) is 4.79 Å². The average Bonchev–Trinajstić information content (AvgIpc) is 2.80. The Morgan fingerprint density at radius 1 is 1.06 bits per heavy atom. The minimum Gasteiger partial charge on any atom is -0.444 e. The maximum Gasteiger partial charge on any atom is 0.408 e. The number of nitrogens with one attached hydrogen (secondary N) is 2. The van der Waals surface area contributed by atoms with E-state index in [0.29, 0.717) is 13.0 Å². The van der Waals surface area contributed by atoms with Crippen LogP contribution in [0.3, 0.4) is 0 Å². The fourth-order valence-electron chi connectivity index (χ4n) is 4.40. The van der Waals surface area contributed by atoms with Crippen molar-refractivity contribution in [3.8, 4) is 0 Å². The van der Waals surface area contributed by atoms with Crippen LogP contribution in [-0.2, 0) is 14.3 Å². The minimum atomic E-state index is -0.798. The molecule has 0 aliphatic heterocycles. The lowest BCUT2D eigenvalue weighted by atomic mass is 9.94. The minimum absolute atomic E-state index is 0.131. The van der Waals surface area contributed by atoms with Crippen LogP contribution in [0.1, 0.15) is 91.7 Å². The van der Waals surface area contributed by atoms with Gasteiger partial charge in [-0.3, -0.25) is 9.59 Å². The van der Waals surface area contributed by atoms with Gasteiger partial charge >= 0.3 is 6.09 Å².